The van der Waals surface area contributed by atoms with Crippen molar-refractivity contribution in [2.24, 2.45) is 0 Å². The van der Waals surface area contributed by atoms with Crippen LogP contribution in [-0.2, 0) is 17.6 Å². The Kier molecular flexibility index (Phi) is 5.36. The molecule has 2 aromatic carbocycles. The van der Waals surface area contributed by atoms with Gasteiger partial charge in [0.15, 0.2) is 0 Å². The third-order valence-corrected chi connectivity index (χ3v) is 3.30. The zero-order chi connectivity index (χ0) is 14.2. The second-order valence-electron chi connectivity index (χ2n) is 5.07. The highest BCUT2D eigenvalue weighted by molar-refractivity contribution is 5.76. The van der Waals surface area contributed by atoms with Gasteiger partial charge in [-0.2, -0.15) is 0 Å². The molecule has 0 heterocycles. The van der Waals surface area contributed by atoms with E-state index >= 15 is 0 Å². The highest BCUT2D eigenvalue weighted by atomic mass is 16.1. The maximum atomic E-state index is 11.8. The number of nitrogens with one attached hydrogen (secondary N) is 1. The lowest BCUT2D eigenvalue weighted by Crippen LogP contribution is -2.25. The van der Waals surface area contributed by atoms with Crippen LogP contribution in [-0.4, -0.2) is 12.5 Å². The summed E-state index contributed by atoms with van der Waals surface area (Å²) in [7, 11) is 0. The van der Waals surface area contributed by atoms with Crippen LogP contribution in [0.5, 0.6) is 0 Å². The Hall–Kier alpha value is -2.09. The van der Waals surface area contributed by atoms with E-state index < -0.39 is 0 Å². The predicted octanol–water partition coefficient (Wildman–Crippen LogP) is 3.29. The van der Waals surface area contributed by atoms with E-state index in [1.54, 1.807) is 0 Å². The predicted molar refractivity (Wildman–Crippen MR) is 82.7 cm³/mol. The zero-order valence-corrected chi connectivity index (χ0v) is 11.9. The van der Waals surface area contributed by atoms with Crippen LogP contribution in [0.3, 0.4) is 0 Å². The molecular weight excluding hydrogens is 246 g/mol. The minimum atomic E-state index is 0.127. The number of benzene rings is 2. The summed E-state index contributed by atoms with van der Waals surface area (Å²) in [5, 5.41) is 2.98. The summed E-state index contributed by atoms with van der Waals surface area (Å²) < 4.78 is 0. The fraction of sp³-hybridized carbons (Fsp3) is 0.278. The maximum Gasteiger partial charge on any atom is 0.220 e. The van der Waals surface area contributed by atoms with Gasteiger partial charge in [0.2, 0.25) is 5.91 Å². The van der Waals surface area contributed by atoms with E-state index in [2.05, 4.69) is 42.6 Å². The molecule has 2 heteroatoms. The Morgan fingerprint density at radius 2 is 1.70 bits per heavy atom. The normalized spacial score (nSPS) is 10.2. The zero-order valence-electron chi connectivity index (χ0n) is 11.9. The Balaban J connectivity index is 1.68. The average molecular weight is 267 g/mol. The molecule has 0 fully saturated rings. The molecule has 0 unspecified atom stereocenters. The first-order valence-electron chi connectivity index (χ1n) is 7.10. The van der Waals surface area contributed by atoms with Gasteiger partial charge in [0.05, 0.1) is 0 Å². The number of aryl methyl sites for hydroxylation is 2. The largest absolute Gasteiger partial charge is 0.356 e. The van der Waals surface area contributed by atoms with Gasteiger partial charge < -0.3 is 5.32 Å². The van der Waals surface area contributed by atoms with Crippen molar-refractivity contribution in [2.75, 3.05) is 6.54 Å². The Labute approximate surface area is 120 Å². The first kappa shape index (κ1) is 14.3. The molecule has 0 aliphatic carbocycles. The molecule has 1 amide bonds. The number of amides is 1. The second kappa shape index (κ2) is 7.49. The van der Waals surface area contributed by atoms with Gasteiger partial charge in [0.25, 0.3) is 0 Å². The Morgan fingerprint density at radius 1 is 0.950 bits per heavy atom. The van der Waals surface area contributed by atoms with Crippen LogP contribution in [0.25, 0.3) is 0 Å². The molecule has 0 spiro atoms. The van der Waals surface area contributed by atoms with Gasteiger partial charge in [-0.1, -0.05) is 60.2 Å². The first-order valence-corrected chi connectivity index (χ1v) is 7.10. The molecule has 0 aliphatic heterocycles. The van der Waals surface area contributed by atoms with Gasteiger partial charge in [-0.25, -0.2) is 0 Å². The summed E-state index contributed by atoms with van der Waals surface area (Å²) in [6.45, 7) is 2.78. The van der Waals surface area contributed by atoms with Crippen molar-refractivity contribution >= 4 is 5.91 Å². The van der Waals surface area contributed by atoms with Crippen molar-refractivity contribution < 1.29 is 4.79 Å². The van der Waals surface area contributed by atoms with Gasteiger partial charge in [-0.3, -0.25) is 4.79 Å². The van der Waals surface area contributed by atoms with Crippen molar-refractivity contribution in [2.45, 2.75) is 26.2 Å². The molecule has 0 atom stereocenters. The Bertz CT molecular complexity index is 548. The van der Waals surface area contributed by atoms with Crippen LogP contribution in [0.4, 0.5) is 0 Å². The number of carbonyl (C=O) groups excluding carboxylic acids is 1. The van der Waals surface area contributed by atoms with Gasteiger partial charge in [0.1, 0.15) is 0 Å². The molecule has 0 aliphatic rings. The maximum absolute atomic E-state index is 11.8. The number of hydrogen-bond acceptors (Lipinski definition) is 1. The average Bonchev–Trinajstić information content (AvgIpc) is 2.46. The van der Waals surface area contributed by atoms with Crippen molar-refractivity contribution in [3.8, 4) is 0 Å². The molecule has 20 heavy (non-hydrogen) atoms. The van der Waals surface area contributed by atoms with Crippen LogP contribution in [0.1, 0.15) is 23.1 Å². The van der Waals surface area contributed by atoms with Crippen LogP contribution in [0, 0.1) is 6.92 Å². The van der Waals surface area contributed by atoms with Gasteiger partial charge >= 0.3 is 0 Å². The molecule has 2 aromatic rings. The lowest BCUT2D eigenvalue weighted by molar-refractivity contribution is -0.121. The highest BCUT2D eigenvalue weighted by Gasteiger charge is 2.02. The lowest BCUT2D eigenvalue weighted by atomic mass is 10.1. The van der Waals surface area contributed by atoms with Crippen molar-refractivity contribution in [1.29, 1.82) is 0 Å². The van der Waals surface area contributed by atoms with E-state index in [1.807, 2.05) is 24.3 Å². The molecule has 2 rings (SSSR count). The number of rotatable bonds is 6. The third-order valence-electron chi connectivity index (χ3n) is 3.30. The van der Waals surface area contributed by atoms with Gasteiger partial charge in [0, 0.05) is 13.0 Å². The van der Waals surface area contributed by atoms with Crippen molar-refractivity contribution in [1.82, 2.24) is 5.32 Å². The summed E-state index contributed by atoms with van der Waals surface area (Å²) >= 11 is 0. The van der Waals surface area contributed by atoms with Crippen molar-refractivity contribution in [3.63, 3.8) is 0 Å². The standard InChI is InChI=1S/C18H21NO/c1-15-6-5-9-17(14-15)10-11-18(20)19-13-12-16-7-3-2-4-8-16/h2-9,14H,10-13H2,1H3,(H,19,20). The second-order valence-corrected chi connectivity index (χ2v) is 5.07. The third kappa shape index (κ3) is 4.88. The SMILES string of the molecule is Cc1cccc(CCC(=O)NCCc2ccccc2)c1. The van der Waals surface area contributed by atoms with Crippen LogP contribution in [0.15, 0.2) is 54.6 Å². The minimum Gasteiger partial charge on any atom is -0.356 e. The summed E-state index contributed by atoms with van der Waals surface area (Å²) in [6, 6.07) is 18.5. The summed E-state index contributed by atoms with van der Waals surface area (Å²) in [4.78, 5) is 11.8. The fourth-order valence-electron chi connectivity index (χ4n) is 2.20. The van der Waals surface area contributed by atoms with E-state index in [-0.39, 0.29) is 5.91 Å². The molecule has 104 valence electrons. The lowest BCUT2D eigenvalue weighted by Gasteiger charge is -2.06. The molecule has 0 saturated carbocycles. The van der Waals surface area contributed by atoms with E-state index in [9.17, 15) is 4.79 Å². The molecular formula is C18H21NO. The quantitative estimate of drug-likeness (QED) is 0.855. The van der Waals surface area contributed by atoms with Crippen LogP contribution >= 0.6 is 0 Å². The van der Waals surface area contributed by atoms with Gasteiger partial charge in [-0.15, -0.1) is 0 Å². The summed E-state index contributed by atoms with van der Waals surface area (Å²) in [5.41, 5.74) is 3.72. The van der Waals surface area contributed by atoms with Gasteiger partial charge in [-0.05, 0) is 30.9 Å². The summed E-state index contributed by atoms with van der Waals surface area (Å²) in [6.07, 6.45) is 2.24. The summed E-state index contributed by atoms with van der Waals surface area (Å²) in [5.74, 6) is 0.127. The molecule has 1 N–H and O–H groups in total. The fourth-order valence-corrected chi connectivity index (χ4v) is 2.20. The first-order chi connectivity index (χ1) is 9.74. The molecule has 0 saturated heterocycles. The topological polar surface area (TPSA) is 29.1 Å². The molecule has 2 nitrogen and oxygen atoms in total. The smallest absolute Gasteiger partial charge is 0.220 e. The minimum absolute atomic E-state index is 0.127. The molecule has 0 aromatic heterocycles. The van der Waals surface area contributed by atoms with E-state index in [1.165, 1.54) is 16.7 Å². The Morgan fingerprint density at radius 3 is 2.45 bits per heavy atom. The van der Waals surface area contributed by atoms with Crippen LogP contribution in [0.2, 0.25) is 0 Å². The molecule has 0 radical (unpaired) electrons. The number of carbonyl (C=O) groups is 1. The van der Waals surface area contributed by atoms with Crippen LogP contribution < -0.4 is 5.32 Å². The van der Waals surface area contributed by atoms with E-state index in [4.69, 9.17) is 0 Å². The number of hydrogen-bond donors (Lipinski definition) is 1. The van der Waals surface area contributed by atoms with E-state index in [0.29, 0.717) is 13.0 Å². The van der Waals surface area contributed by atoms with E-state index in [0.717, 1.165) is 12.8 Å². The highest BCUT2D eigenvalue weighted by Crippen LogP contribution is 2.06. The van der Waals surface area contributed by atoms with Crippen molar-refractivity contribution in [3.05, 3.63) is 71.3 Å². The molecule has 0 bridgehead atoms. The monoisotopic (exact) mass is 267 g/mol.